The van der Waals surface area contributed by atoms with Crippen LogP contribution in [0.1, 0.15) is 25.7 Å². The zero-order chi connectivity index (χ0) is 12.3. The predicted molar refractivity (Wildman–Crippen MR) is 74.1 cm³/mol. The third kappa shape index (κ3) is 3.44. The minimum atomic E-state index is -0.392. The average Bonchev–Trinajstić information content (AvgIpc) is 2.32. The van der Waals surface area contributed by atoms with E-state index in [1.807, 2.05) is 12.1 Å². The molecule has 5 heteroatoms. The van der Waals surface area contributed by atoms with E-state index < -0.39 is 5.54 Å². The van der Waals surface area contributed by atoms with Gasteiger partial charge in [0.2, 0.25) is 0 Å². The van der Waals surface area contributed by atoms with Gasteiger partial charge in [-0.25, -0.2) is 4.98 Å². The van der Waals surface area contributed by atoms with Crippen molar-refractivity contribution >= 4 is 27.7 Å². The SMILES string of the molecule is NC1(CO)CCCC(Sc2ncccc2Br)C1. The summed E-state index contributed by atoms with van der Waals surface area (Å²) in [4.78, 5) is 4.36. The summed E-state index contributed by atoms with van der Waals surface area (Å²) in [6.45, 7) is 0.0768. The van der Waals surface area contributed by atoms with Gasteiger partial charge in [0.05, 0.1) is 6.61 Å². The lowest BCUT2D eigenvalue weighted by molar-refractivity contribution is 0.159. The second-order valence-corrected chi connectivity index (χ2v) is 6.79. The van der Waals surface area contributed by atoms with Gasteiger partial charge in [-0.2, -0.15) is 0 Å². The van der Waals surface area contributed by atoms with Crippen LogP contribution in [0.15, 0.2) is 27.8 Å². The average molecular weight is 317 g/mol. The van der Waals surface area contributed by atoms with Gasteiger partial charge >= 0.3 is 0 Å². The van der Waals surface area contributed by atoms with Crippen molar-refractivity contribution in [1.29, 1.82) is 0 Å². The van der Waals surface area contributed by atoms with Crippen LogP contribution in [0.3, 0.4) is 0 Å². The molecule has 1 aliphatic rings. The van der Waals surface area contributed by atoms with Crippen molar-refractivity contribution in [3.63, 3.8) is 0 Å². The standard InChI is InChI=1S/C12H17BrN2OS/c13-10-4-2-6-15-11(10)17-9-3-1-5-12(14,7-9)8-16/h2,4,6,9,16H,1,3,5,7-8,14H2. The lowest BCUT2D eigenvalue weighted by Gasteiger charge is -2.36. The Hall–Kier alpha value is -0.100. The molecule has 1 aromatic heterocycles. The van der Waals surface area contributed by atoms with E-state index in [9.17, 15) is 5.11 Å². The summed E-state index contributed by atoms with van der Waals surface area (Å²) >= 11 is 5.26. The summed E-state index contributed by atoms with van der Waals surface area (Å²) in [5.74, 6) is 0. The Labute approximate surface area is 114 Å². The molecule has 17 heavy (non-hydrogen) atoms. The summed E-state index contributed by atoms with van der Waals surface area (Å²) in [7, 11) is 0. The Balaban J connectivity index is 2.02. The van der Waals surface area contributed by atoms with Crippen molar-refractivity contribution in [3.05, 3.63) is 22.8 Å². The second-order valence-electron chi connectivity index (χ2n) is 4.65. The quantitative estimate of drug-likeness (QED) is 0.899. The molecule has 0 aromatic carbocycles. The highest BCUT2D eigenvalue weighted by Crippen LogP contribution is 2.38. The van der Waals surface area contributed by atoms with Gasteiger partial charge in [0.25, 0.3) is 0 Å². The Kier molecular flexibility index (Phi) is 4.47. The zero-order valence-electron chi connectivity index (χ0n) is 9.60. The summed E-state index contributed by atoms with van der Waals surface area (Å²) < 4.78 is 1.03. The molecule has 1 aliphatic carbocycles. The molecule has 0 bridgehead atoms. The van der Waals surface area contributed by atoms with Crippen molar-refractivity contribution in [1.82, 2.24) is 4.98 Å². The molecular formula is C12H17BrN2OS. The van der Waals surface area contributed by atoms with Crippen LogP contribution < -0.4 is 5.73 Å². The van der Waals surface area contributed by atoms with Crippen molar-refractivity contribution in [2.75, 3.05) is 6.61 Å². The maximum absolute atomic E-state index is 9.33. The molecule has 2 unspecified atom stereocenters. The number of hydrogen-bond donors (Lipinski definition) is 2. The lowest BCUT2D eigenvalue weighted by atomic mass is 9.83. The molecule has 0 spiro atoms. The second kappa shape index (κ2) is 5.69. The highest BCUT2D eigenvalue weighted by Gasteiger charge is 2.32. The normalized spacial score (nSPS) is 29.2. The van der Waals surface area contributed by atoms with Crippen LogP contribution in [-0.2, 0) is 0 Å². The first-order valence-corrected chi connectivity index (χ1v) is 7.47. The molecule has 1 saturated carbocycles. The number of aliphatic hydroxyl groups excluding tert-OH is 1. The van der Waals surface area contributed by atoms with E-state index >= 15 is 0 Å². The number of pyridine rings is 1. The number of nitrogens with two attached hydrogens (primary N) is 1. The summed E-state index contributed by atoms with van der Waals surface area (Å²) in [5, 5.41) is 10.8. The predicted octanol–water partition coefficient (Wildman–Crippen LogP) is 2.57. The summed E-state index contributed by atoms with van der Waals surface area (Å²) in [6.07, 6.45) is 5.81. The lowest BCUT2D eigenvalue weighted by Crippen LogP contribution is -2.48. The number of thioether (sulfide) groups is 1. The van der Waals surface area contributed by atoms with Crippen molar-refractivity contribution < 1.29 is 5.11 Å². The number of aromatic nitrogens is 1. The maximum atomic E-state index is 9.33. The molecule has 2 rings (SSSR count). The molecule has 3 nitrogen and oxygen atoms in total. The van der Waals surface area contributed by atoms with E-state index in [1.165, 1.54) is 0 Å². The first-order chi connectivity index (χ1) is 8.13. The van der Waals surface area contributed by atoms with E-state index in [0.29, 0.717) is 5.25 Å². The van der Waals surface area contributed by atoms with Gasteiger partial charge in [0, 0.05) is 21.5 Å². The Morgan fingerprint density at radius 2 is 2.47 bits per heavy atom. The summed E-state index contributed by atoms with van der Waals surface area (Å²) in [5.41, 5.74) is 5.75. The monoisotopic (exact) mass is 316 g/mol. The van der Waals surface area contributed by atoms with Crippen molar-refractivity contribution in [2.45, 2.75) is 41.5 Å². The zero-order valence-corrected chi connectivity index (χ0v) is 12.0. The number of halogens is 1. The molecule has 0 aliphatic heterocycles. The fourth-order valence-electron chi connectivity index (χ4n) is 2.20. The number of rotatable bonds is 3. The van der Waals surface area contributed by atoms with Crippen LogP contribution in [0.2, 0.25) is 0 Å². The van der Waals surface area contributed by atoms with Crippen LogP contribution in [0.5, 0.6) is 0 Å². The van der Waals surface area contributed by atoms with Gasteiger partial charge in [-0.15, -0.1) is 11.8 Å². The van der Waals surface area contributed by atoms with Crippen LogP contribution >= 0.6 is 27.7 Å². The molecule has 94 valence electrons. The molecule has 0 amide bonds. The fourth-order valence-corrected chi connectivity index (χ4v) is 4.05. The first kappa shape index (κ1) is 13.3. The van der Waals surface area contributed by atoms with Gasteiger partial charge in [0.1, 0.15) is 5.03 Å². The van der Waals surface area contributed by atoms with Crippen molar-refractivity contribution in [3.8, 4) is 0 Å². The van der Waals surface area contributed by atoms with Crippen molar-refractivity contribution in [2.24, 2.45) is 5.73 Å². The minimum absolute atomic E-state index is 0.0768. The first-order valence-electron chi connectivity index (χ1n) is 5.80. The topological polar surface area (TPSA) is 59.1 Å². The maximum Gasteiger partial charge on any atom is 0.110 e. The van der Waals surface area contributed by atoms with Gasteiger partial charge in [-0.05, 0) is 47.3 Å². The van der Waals surface area contributed by atoms with Crippen LogP contribution in [0.4, 0.5) is 0 Å². The molecule has 1 aromatic rings. The van der Waals surface area contributed by atoms with Crippen LogP contribution in [-0.4, -0.2) is 27.5 Å². The highest BCUT2D eigenvalue weighted by molar-refractivity contribution is 9.10. The van der Waals surface area contributed by atoms with Crippen LogP contribution in [0, 0.1) is 0 Å². The van der Waals surface area contributed by atoms with E-state index in [-0.39, 0.29) is 6.61 Å². The summed E-state index contributed by atoms with van der Waals surface area (Å²) in [6, 6.07) is 3.91. The Bertz CT molecular complexity index is 391. The molecule has 3 N–H and O–H groups in total. The number of aliphatic hydroxyl groups is 1. The van der Waals surface area contributed by atoms with Crippen LogP contribution in [0.25, 0.3) is 0 Å². The molecule has 1 fully saturated rings. The van der Waals surface area contributed by atoms with E-state index in [1.54, 1.807) is 18.0 Å². The number of nitrogens with zero attached hydrogens (tertiary/aromatic N) is 1. The smallest absolute Gasteiger partial charge is 0.110 e. The Morgan fingerprint density at radius 1 is 1.65 bits per heavy atom. The Morgan fingerprint density at radius 3 is 3.18 bits per heavy atom. The van der Waals surface area contributed by atoms with E-state index in [0.717, 1.165) is 35.2 Å². The third-order valence-corrected chi connectivity index (χ3v) is 5.34. The molecule has 1 heterocycles. The minimum Gasteiger partial charge on any atom is -0.394 e. The fraction of sp³-hybridized carbons (Fsp3) is 0.583. The third-order valence-electron chi connectivity index (χ3n) is 3.15. The number of hydrogen-bond acceptors (Lipinski definition) is 4. The highest BCUT2D eigenvalue weighted by atomic mass is 79.9. The molecule has 0 saturated heterocycles. The largest absolute Gasteiger partial charge is 0.394 e. The molecular weight excluding hydrogens is 300 g/mol. The van der Waals surface area contributed by atoms with Gasteiger partial charge in [-0.1, -0.05) is 6.42 Å². The van der Waals surface area contributed by atoms with Gasteiger partial charge < -0.3 is 10.8 Å². The van der Waals surface area contributed by atoms with E-state index in [4.69, 9.17) is 5.73 Å². The van der Waals surface area contributed by atoms with E-state index in [2.05, 4.69) is 20.9 Å². The molecule has 0 radical (unpaired) electrons. The van der Waals surface area contributed by atoms with Gasteiger partial charge in [-0.3, -0.25) is 0 Å². The van der Waals surface area contributed by atoms with Gasteiger partial charge in [0.15, 0.2) is 0 Å². The molecule has 2 atom stereocenters.